The van der Waals surface area contributed by atoms with E-state index in [1.165, 1.54) is 4.90 Å². The number of likely N-dealkylation sites (tertiary alicyclic amines) is 1. The lowest BCUT2D eigenvalue weighted by Gasteiger charge is -2.32. The summed E-state index contributed by atoms with van der Waals surface area (Å²) in [5.74, 6) is -1.21. The molecule has 2 amide bonds. The second-order valence-corrected chi connectivity index (χ2v) is 6.04. The zero-order valence-corrected chi connectivity index (χ0v) is 13.3. The predicted molar refractivity (Wildman–Crippen MR) is 84.4 cm³/mol. The first-order valence-electron chi connectivity index (χ1n) is 8.04. The SMILES string of the molecule is O=C(O)C1COCCN1C(=O)c1ccc(CN2CCCC2=O)cc1. The van der Waals surface area contributed by atoms with Gasteiger partial charge in [-0.3, -0.25) is 9.59 Å². The standard InChI is InChI=1S/C17H20N2O5/c20-15-2-1-7-18(15)10-12-3-5-13(6-4-12)16(21)19-8-9-24-11-14(19)17(22)23/h3-6,14H,1-2,7-11H2,(H,22,23). The van der Waals surface area contributed by atoms with Crippen LogP contribution in [0.5, 0.6) is 0 Å². The van der Waals surface area contributed by atoms with Gasteiger partial charge in [-0.05, 0) is 24.1 Å². The second-order valence-electron chi connectivity index (χ2n) is 6.04. The Morgan fingerprint density at radius 3 is 2.58 bits per heavy atom. The number of morpholine rings is 1. The van der Waals surface area contributed by atoms with E-state index in [-0.39, 0.29) is 25.0 Å². The Kier molecular flexibility index (Phi) is 4.80. The van der Waals surface area contributed by atoms with Gasteiger partial charge in [-0.2, -0.15) is 0 Å². The van der Waals surface area contributed by atoms with Gasteiger partial charge in [0, 0.05) is 31.6 Å². The van der Waals surface area contributed by atoms with Crippen LogP contribution in [0.4, 0.5) is 0 Å². The molecular weight excluding hydrogens is 312 g/mol. The molecule has 24 heavy (non-hydrogen) atoms. The van der Waals surface area contributed by atoms with Gasteiger partial charge in [0.05, 0.1) is 13.2 Å². The van der Waals surface area contributed by atoms with Crippen LogP contribution in [-0.2, 0) is 20.9 Å². The van der Waals surface area contributed by atoms with E-state index in [2.05, 4.69) is 0 Å². The smallest absolute Gasteiger partial charge is 0.328 e. The van der Waals surface area contributed by atoms with Crippen LogP contribution in [0.1, 0.15) is 28.8 Å². The molecule has 2 fully saturated rings. The van der Waals surface area contributed by atoms with Crippen LogP contribution in [0.15, 0.2) is 24.3 Å². The number of benzene rings is 1. The summed E-state index contributed by atoms with van der Waals surface area (Å²) in [6, 6.07) is 6.05. The normalized spacial score (nSPS) is 21.2. The van der Waals surface area contributed by atoms with Gasteiger partial charge in [-0.25, -0.2) is 4.79 Å². The van der Waals surface area contributed by atoms with Crippen molar-refractivity contribution in [3.8, 4) is 0 Å². The van der Waals surface area contributed by atoms with Gasteiger partial charge in [0.2, 0.25) is 5.91 Å². The summed E-state index contributed by atoms with van der Waals surface area (Å²) >= 11 is 0. The molecule has 2 saturated heterocycles. The summed E-state index contributed by atoms with van der Waals surface area (Å²) in [6.07, 6.45) is 1.49. The van der Waals surface area contributed by atoms with Crippen LogP contribution in [0.2, 0.25) is 0 Å². The number of carboxylic acids is 1. The fourth-order valence-corrected chi connectivity index (χ4v) is 3.06. The average molecular weight is 332 g/mol. The van der Waals surface area contributed by atoms with Gasteiger partial charge in [0.1, 0.15) is 0 Å². The number of hydrogen-bond donors (Lipinski definition) is 1. The van der Waals surface area contributed by atoms with Crippen molar-refractivity contribution in [1.29, 1.82) is 0 Å². The molecule has 2 aliphatic rings. The Balaban J connectivity index is 1.69. The fourth-order valence-electron chi connectivity index (χ4n) is 3.06. The minimum Gasteiger partial charge on any atom is -0.480 e. The van der Waals surface area contributed by atoms with E-state index < -0.39 is 12.0 Å². The maximum absolute atomic E-state index is 12.6. The summed E-state index contributed by atoms with van der Waals surface area (Å²) in [5.41, 5.74) is 1.40. The number of ether oxygens (including phenoxy) is 1. The molecule has 1 aromatic carbocycles. The summed E-state index contributed by atoms with van der Waals surface area (Å²) in [4.78, 5) is 38.6. The third-order valence-electron chi connectivity index (χ3n) is 4.42. The third-order valence-corrected chi connectivity index (χ3v) is 4.42. The fraction of sp³-hybridized carbons (Fsp3) is 0.471. The minimum absolute atomic E-state index is 0.0101. The molecule has 1 unspecified atom stereocenters. The van der Waals surface area contributed by atoms with E-state index in [0.29, 0.717) is 25.1 Å². The van der Waals surface area contributed by atoms with Crippen LogP contribution in [-0.4, -0.2) is 65.0 Å². The van der Waals surface area contributed by atoms with Crippen LogP contribution < -0.4 is 0 Å². The molecule has 0 bridgehead atoms. The molecule has 0 aliphatic carbocycles. The van der Waals surface area contributed by atoms with Crippen molar-refractivity contribution < 1.29 is 24.2 Å². The monoisotopic (exact) mass is 332 g/mol. The highest BCUT2D eigenvalue weighted by Crippen LogP contribution is 2.17. The molecule has 0 spiro atoms. The lowest BCUT2D eigenvalue weighted by atomic mass is 10.1. The van der Waals surface area contributed by atoms with Gasteiger partial charge in [-0.1, -0.05) is 12.1 Å². The lowest BCUT2D eigenvalue weighted by Crippen LogP contribution is -2.52. The van der Waals surface area contributed by atoms with E-state index in [9.17, 15) is 19.5 Å². The zero-order valence-electron chi connectivity index (χ0n) is 13.3. The molecule has 128 valence electrons. The molecule has 7 heteroatoms. The van der Waals surface area contributed by atoms with Crippen LogP contribution in [0, 0.1) is 0 Å². The van der Waals surface area contributed by atoms with E-state index >= 15 is 0 Å². The van der Waals surface area contributed by atoms with Crippen molar-refractivity contribution in [3.05, 3.63) is 35.4 Å². The number of carbonyl (C=O) groups excluding carboxylic acids is 2. The Morgan fingerprint density at radius 1 is 1.21 bits per heavy atom. The molecule has 2 aliphatic heterocycles. The van der Waals surface area contributed by atoms with Crippen molar-refractivity contribution in [2.24, 2.45) is 0 Å². The first-order valence-corrected chi connectivity index (χ1v) is 8.04. The molecule has 7 nitrogen and oxygen atoms in total. The van der Waals surface area contributed by atoms with Crippen molar-refractivity contribution >= 4 is 17.8 Å². The van der Waals surface area contributed by atoms with Crippen molar-refractivity contribution in [1.82, 2.24) is 9.80 Å². The van der Waals surface area contributed by atoms with Gasteiger partial charge < -0.3 is 19.6 Å². The summed E-state index contributed by atoms with van der Waals surface area (Å²) < 4.78 is 5.15. The maximum Gasteiger partial charge on any atom is 0.328 e. The first-order chi connectivity index (χ1) is 11.6. The van der Waals surface area contributed by atoms with Gasteiger partial charge in [0.15, 0.2) is 6.04 Å². The molecule has 0 saturated carbocycles. The molecule has 2 heterocycles. The Bertz CT molecular complexity index is 643. The van der Waals surface area contributed by atoms with E-state index in [4.69, 9.17) is 4.74 Å². The lowest BCUT2D eigenvalue weighted by molar-refractivity contribution is -0.147. The molecule has 1 atom stereocenters. The third kappa shape index (κ3) is 3.41. The number of rotatable bonds is 4. The van der Waals surface area contributed by atoms with Gasteiger partial charge >= 0.3 is 5.97 Å². The Morgan fingerprint density at radius 2 is 1.96 bits per heavy atom. The minimum atomic E-state index is -1.06. The quantitative estimate of drug-likeness (QED) is 0.878. The number of hydrogen-bond acceptors (Lipinski definition) is 4. The number of carbonyl (C=O) groups is 3. The number of amides is 2. The van der Waals surface area contributed by atoms with Crippen LogP contribution >= 0.6 is 0 Å². The summed E-state index contributed by atoms with van der Waals surface area (Å²) in [7, 11) is 0. The number of carboxylic acid groups (broad SMARTS) is 1. The van der Waals surface area contributed by atoms with Crippen molar-refractivity contribution in [2.45, 2.75) is 25.4 Å². The highest BCUT2D eigenvalue weighted by atomic mass is 16.5. The Labute approximate surface area is 139 Å². The van der Waals surface area contributed by atoms with E-state index in [1.807, 2.05) is 12.1 Å². The van der Waals surface area contributed by atoms with Crippen LogP contribution in [0.3, 0.4) is 0 Å². The second kappa shape index (κ2) is 7.00. The summed E-state index contributed by atoms with van der Waals surface area (Å²) in [6.45, 7) is 1.93. The van der Waals surface area contributed by atoms with E-state index in [0.717, 1.165) is 18.5 Å². The maximum atomic E-state index is 12.6. The Hall–Kier alpha value is -2.41. The topological polar surface area (TPSA) is 87.2 Å². The number of nitrogens with zero attached hydrogens (tertiary/aromatic N) is 2. The highest BCUT2D eigenvalue weighted by Gasteiger charge is 2.33. The number of aliphatic carboxylic acids is 1. The predicted octanol–water partition coefficient (Wildman–Crippen LogP) is 0.735. The molecule has 1 aromatic rings. The average Bonchev–Trinajstić information content (AvgIpc) is 3.00. The van der Waals surface area contributed by atoms with Gasteiger partial charge in [0.25, 0.3) is 5.91 Å². The van der Waals surface area contributed by atoms with E-state index in [1.54, 1.807) is 17.0 Å². The summed E-state index contributed by atoms with van der Waals surface area (Å²) in [5, 5.41) is 9.22. The molecule has 0 aromatic heterocycles. The molecule has 1 N–H and O–H groups in total. The first kappa shape index (κ1) is 16.4. The molecule has 3 rings (SSSR count). The zero-order chi connectivity index (χ0) is 17.1. The molecular formula is C17H20N2O5. The van der Waals surface area contributed by atoms with Crippen LogP contribution in [0.25, 0.3) is 0 Å². The largest absolute Gasteiger partial charge is 0.480 e. The van der Waals surface area contributed by atoms with Gasteiger partial charge in [-0.15, -0.1) is 0 Å². The van der Waals surface area contributed by atoms with Crippen molar-refractivity contribution in [2.75, 3.05) is 26.3 Å². The highest BCUT2D eigenvalue weighted by molar-refractivity contribution is 5.96. The van der Waals surface area contributed by atoms with Crippen molar-refractivity contribution in [3.63, 3.8) is 0 Å². The molecule has 0 radical (unpaired) electrons.